The largest absolute Gasteiger partial charge is 0.361 e. The van der Waals surface area contributed by atoms with Crippen LogP contribution in [0.3, 0.4) is 0 Å². The Bertz CT molecular complexity index is 612. The van der Waals surface area contributed by atoms with Gasteiger partial charge in [-0.15, -0.1) is 0 Å². The maximum atomic E-state index is 5.26. The Hall–Kier alpha value is -1.13. The van der Waals surface area contributed by atoms with Crippen LogP contribution >= 0.6 is 15.9 Å². The average molecular weight is 349 g/mol. The van der Waals surface area contributed by atoms with E-state index < -0.39 is 0 Å². The minimum atomic E-state index is 0.296. The van der Waals surface area contributed by atoms with E-state index >= 15 is 0 Å². The zero-order valence-electron chi connectivity index (χ0n) is 12.7. The van der Waals surface area contributed by atoms with Crippen LogP contribution in [0.15, 0.2) is 33.3 Å². The molecule has 3 nitrogen and oxygen atoms in total. The number of benzene rings is 1. The van der Waals surface area contributed by atoms with E-state index in [0.29, 0.717) is 18.0 Å². The van der Waals surface area contributed by atoms with Gasteiger partial charge in [0.25, 0.3) is 0 Å². The molecule has 1 aromatic carbocycles. The number of hydrogen-bond donors (Lipinski definition) is 1. The molecular formula is C17H21BrN2O. The van der Waals surface area contributed by atoms with Crippen molar-refractivity contribution >= 4 is 15.9 Å². The molecule has 112 valence electrons. The summed E-state index contributed by atoms with van der Waals surface area (Å²) in [6.07, 6.45) is 2.40. The monoisotopic (exact) mass is 348 g/mol. The van der Waals surface area contributed by atoms with Crippen LogP contribution in [-0.2, 0) is 0 Å². The molecule has 0 aliphatic heterocycles. The quantitative estimate of drug-likeness (QED) is 0.873. The Morgan fingerprint density at radius 1 is 1.33 bits per heavy atom. The van der Waals surface area contributed by atoms with Gasteiger partial charge >= 0.3 is 0 Å². The molecule has 0 radical (unpaired) electrons. The zero-order chi connectivity index (χ0) is 15.0. The predicted octanol–water partition coefficient (Wildman–Crippen LogP) is 4.65. The van der Waals surface area contributed by atoms with Gasteiger partial charge in [0.2, 0.25) is 0 Å². The molecule has 1 unspecified atom stereocenters. The molecule has 1 atom stereocenters. The maximum Gasteiger partial charge on any atom is 0.138 e. The van der Waals surface area contributed by atoms with Gasteiger partial charge in [0.15, 0.2) is 0 Å². The first kappa shape index (κ1) is 14.8. The smallest absolute Gasteiger partial charge is 0.138 e. The fourth-order valence-corrected chi connectivity index (χ4v) is 3.75. The lowest BCUT2D eigenvalue weighted by molar-refractivity contribution is 0.269. The molecule has 0 amide bonds. The molecule has 0 bridgehead atoms. The summed E-state index contributed by atoms with van der Waals surface area (Å²) in [6, 6.07) is 9.54. The number of rotatable bonds is 4. The molecule has 0 spiro atoms. The summed E-state index contributed by atoms with van der Waals surface area (Å²) >= 11 is 3.55. The average Bonchev–Trinajstić information content (AvgIpc) is 2.72. The molecule has 2 aromatic rings. The van der Waals surface area contributed by atoms with Gasteiger partial charge in [0.1, 0.15) is 5.76 Å². The fourth-order valence-electron chi connectivity index (χ4n) is 3.33. The van der Waals surface area contributed by atoms with E-state index in [2.05, 4.69) is 57.6 Å². The minimum Gasteiger partial charge on any atom is -0.361 e. The van der Waals surface area contributed by atoms with E-state index in [1.165, 1.54) is 28.4 Å². The van der Waals surface area contributed by atoms with Crippen LogP contribution in [-0.4, -0.2) is 11.2 Å². The molecule has 3 rings (SSSR count). The molecule has 0 saturated heterocycles. The van der Waals surface area contributed by atoms with Crippen molar-refractivity contribution in [3.63, 3.8) is 0 Å². The van der Waals surface area contributed by atoms with Gasteiger partial charge in [0, 0.05) is 22.1 Å². The normalized spacial score (nSPS) is 22.9. The molecule has 1 aromatic heterocycles. The van der Waals surface area contributed by atoms with E-state index in [1.807, 2.05) is 13.8 Å². The van der Waals surface area contributed by atoms with Crippen LogP contribution in [0.1, 0.15) is 54.3 Å². The number of aryl methyl sites for hydroxylation is 2. The Morgan fingerprint density at radius 3 is 2.71 bits per heavy atom. The lowest BCUT2D eigenvalue weighted by Gasteiger charge is -2.38. The van der Waals surface area contributed by atoms with Crippen molar-refractivity contribution in [2.75, 3.05) is 0 Å². The first-order chi connectivity index (χ1) is 10.0. The SMILES string of the molecule is Cc1noc(C)c1C(C)NC1CC(c2cccc(Br)c2)C1. The van der Waals surface area contributed by atoms with Crippen molar-refractivity contribution in [3.05, 3.63) is 51.3 Å². The topological polar surface area (TPSA) is 38.1 Å². The summed E-state index contributed by atoms with van der Waals surface area (Å²) in [7, 11) is 0. The van der Waals surface area contributed by atoms with E-state index in [-0.39, 0.29) is 0 Å². The molecule has 1 fully saturated rings. The Balaban J connectivity index is 1.58. The summed E-state index contributed by atoms with van der Waals surface area (Å²) in [5, 5.41) is 7.74. The van der Waals surface area contributed by atoms with Crippen LogP contribution in [0.2, 0.25) is 0 Å². The highest BCUT2D eigenvalue weighted by Crippen LogP contribution is 2.39. The Kier molecular flexibility index (Phi) is 4.18. The number of halogens is 1. The van der Waals surface area contributed by atoms with Gasteiger partial charge in [-0.2, -0.15) is 0 Å². The lowest BCUT2D eigenvalue weighted by Crippen LogP contribution is -2.41. The molecule has 1 aliphatic rings. The molecule has 1 saturated carbocycles. The van der Waals surface area contributed by atoms with Gasteiger partial charge in [-0.25, -0.2) is 0 Å². The number of hydrogen-bond acceptors (Lipinski definition) is 3. The van der Waals surface area contributed by atoms with Crippen molar-refractivity contribution in [2.24, 2.45) is 0 Å². The standard InChI is InChI=1S/C17H21BrN2O/c1-10(17-11(2)20-21-12(17)3)19-16-8-14(9-16)13-5-4-6-15(18)7-13/h4-7,10,14,16,19H,8-9H2,1-3H3. The second-order valence-electron chi connectivity index (χ2n) is 6.05. The third-order valence-electron chi connectivity index (χ3n) is 4.47. The predicted molar refractivity (Wildman–Crippen MR) is 87.4 cm³/mol. The molecule has 1 heterocycles. The Morgan fingerprint density at radius 2 is 2.10 bits per heavy atom. The number of nitrogens with zero attached hydrogens (tertiary/aromatic N) is 1. The summed E-state index contributed by atoms with van der Waals surface area (Å²) in [5.41, 5.74) is 3.64. The van der Waals surface area contributed by atoms with Crippen molar-refractivity contribution in [3.8, 4) is 0 Å². The van der Waals surface area contributed by atoms with E-state index in [0.717, 1.165) is 11.5 Å². The van der Waals surface area contributed by atoms with E-state index in [1.54, 1.807) is 0 Å². The van der Waals surface area contributed by atoms with E-state index in [9.17, 15) is 0 Å². The highest BCUT2D eigenvalue weighted by atomic mass is 79.9. The second kappa shape index (κ2) is 5.93. The van der Waals surface area contributed by atoms with Crippen molar-refractivity contribution in [1.82, 2.24) is 10.5 Å². The maximum absolute atomic E-state index is 5.26. The molecule has 1 N–H and O–H groups in total. The zero-order valence-corrected chi connectivity index (χ0v) is 14.3. The summed E-state index contributed by atoms with van der Waals surface area (Å²) in [5.74, 6) is 1.60. The first-order valence-electron chi connectivity index (χ1n) is 7.49. The highest BCUT2D eigenvalue weighted by Gasteiger charge is 2.32. The van der Waals surface area contributed by atoms with Crippen LogP contribution < -0.4 is 5.32 Å². The summed E-state index contributed by atoms with van der Waals surface area (Å²) in [4.78, 5) is 0. The van der Waals surface area contributed by atoms with Crippen LogP contribution in [0, 0.1) is 13.8 Å². The summed E-state index contributed by atoms with van der Waals surface area (Å²) < 4.78 is 6.43. The van der Waals surface area contributed by atoms with Gasteiger partial charge in [0.05, 0.1) is 5.69 Å². The molecule has 21 heavy (non-hydrogen) atoms. The van der Waals surface area contributed by atoms with Gasteiger partial charge in [-0.1, -0.05) is 33.2 Å². The highest BCUT2D eigenvalue weighted by molar-refractivity contribution is 9.10. The van der Waals surface area contributed by atoms with Crippen molar-refractivity contribution in [2.45, 2.75) is 51.6 Å². The van der Waals surface area contributed by atoms with Crippen molar-refractivity contribution < 1.29 is 4.52 Å². The summed E-state index contributed by atoms with van der Waals surface area (Å²) in [6.45, 7) is 6.19. The van der Waals surface area contributed by atoms with E-state index in [4.69, 9.17) is 4.52 Å². The van der Waals surface area contributed by atoms with Gasteiger partial charge in [-0.3, -0.25) is 0 Å². The van der Waals surface area contributed by atoms with Crippen LogP contribution in [0.4, 0.5) is 0 Å². The molecule has 1 aliphatic carbocycles. The number of aromatic nitrogens is 1. The minimum absolute atomic E-state index is 0.296. The number of nitrogens with one attached hydrogen (secondary N) is 1. The first-order valence-corrected chi connectivity index (χ1v) is 8.28. The van der Waals surface area contributed by atoms with Gasteiger partial charge in [-0.05, 0) is 57.2 Å². The molecule has 4 heteroatoms. The Labute approximate surface area is 134 Å². The van der Waals surface area contributed by atoms with Crippen LogP contribution in [0.25, 0.3) is 0 Å². The lowest BCUT2D eigenvalue weighted by atomic mass is 9.75. The third kappa shape index (κ3) is 3.06. The fraction of sp³-hybridized carbons (Fsp3) is 0.471. The van der Waals surface area contributed by atoms with Crippen molar-refractivity contribution in [1.29, 1.82) is 0 Å². The van der Waals surface area contributed by atoms with Gasteiger partial charge < -0.3 is 9.84 Å². The van der Waals surface area contributed by atoms with Crippen LogP contribution in [0.5, 0.6) is 0 Å². The second-order valence-corrected chi connectivity index (χ2v) is 6.96. The third-order valence-corrected chi connectivity index (χ3v) is 4.96. The molecular weight excluding hydrogens is 328 g/mol.